The molecule has 4 aromatic carbocycles. The zero-order valence-corrected chi connectivity index (χ0v) is 56.5. The number of hydrogen-bond acceptors (Lipinski definition) is 19. The number of aryl methyl sites for hydroxylation is 1. The van der Waals surface area contributed by atoms with Gasteiger partial charge in [-0.15, -0.1) is 11.3 Å². The van der Waals surface area contributed by atoms with Crippen LogP contribution in [0.1, 0.15) is 95.4 Å². The zero-order valence-electron chi connectivity index (χ0n) is 52.5. The molecule has 95 heavy (non-hydrogen) atoms. The van der Waals surface area contributed by atoms with Gasteiger partial charge in [0.05, 0.1) is 67.0 Å². The molecule has 0 saturated heterocycles. The van der Waals surface area contributed by atoms with Crippen LogP contribution in [0.15, 0.2) is 94.6 Å². The van der Waals surface area contributed by atoms with Crippen LogP contribution in [0.2, 0.25) is 5.02 Å². The summed E-state index contributed by atoms with van der Waals surface area (Å²) in [4.78, 5) is 110. The third kappa shape index (κ3) is 20.2. The number of halogens is 6. The molecule has 0 aliphatic heterocycles. The number of nitrogens with two attached hydrogens (primary N) is 1. The summed E-state index contributed by atoms with van der Waals surface area (Å²) >= 11 is 10.9. The number of nitrogens with zero attached hydrogens (tertiary/aromatic N) is 4. The Morgan fingerprint density at radius 3 is 2.13 bits per heavy atom. The molecule has 7 aromatic rings. The number of ether oxygens (including phenoxy) is 2. The maximum Gasteiger partial charge on any atom is 0.305 e. The number of fused-ring (bicyclic) bond motifs is 1. The van der Waals surface area contributed by atoms with E-state index in [0.717, 1.165) is 24.3 Å². The topological polar surface area (TPSA) is 335 Å². The van der Waals surface area contributed by atoms with E-state index in [4.69, 9.17) is 36.6 Å². The molecule has 3 atom stereocenters. The maximum absolute atomic E-state index is 16.5. The highest BCUT2D eigenvalue weighted by atomic mass is 79.9. The largest absolute Gasteiger partial charge is 0.464 e. The molecule has 0 bridgehead atoms. The Kier molecular flexibility index (Phi) is 25.4. The molecule has 32 heteroatoms. The van der Waals surface area contributed by atoms with Gasteiger partial charge in [-0.2, -0.15) is 0 Å². The van der Waals surface area contributed by atoms with Crippen LogP contribution in [0.3, 0.4) is 0 Å². The van der Waals surface area contributed by atoms with Crippen molar-refractivity contribution in [1.82, 2.24) is 40.9 Å². The van der Waals surface area contributed by atoms with E-state index < -0.39 is 128 Å². The summed E-state index contributed by atoms with van der Waals surface area (Å²) in [6.45, 7) is 10.2. The number of esters is 2. The van der Waals surface area contributed by atoms with Crippen molar-refractivity contribution >= 4 is 125 Å². The molecule has 7 rings (SSSR count). The third-order valence-corrected chi connectivity index (χ3v) is 17.7. The normalized spacial score (nSPS) is 12.7. The van der Waals surface area contributed by atoms with Gasteiger partial charge in [0.15, 0.2) is 16.5 Å². The number of thiazole rings is 1. The second-order valence-electron chi connectivity index (χ2n) is 23.7. The van der Waals surface area contributed by atoms with E-state index in [0.29, 0.717) is 31.8 Å². The number of hydrogen-bond donors (Lipinski definition) is 8. The smallest absolute Gasteiger partial charge is 0.305 e. The maximum atomic E-state index is 16.5. The molecule has 3 heterocycles. The number of anilines is 4. The molecular formula is C63H70BrClF4N12O12S2. The molecule has 0 aliphatic carbocycles. The predicted molar refractivity (Wildman–Crippen MR) is 352 cm³/mol. The number of carbonyl (C=O) groups is 7. The molecule has 0 spiro atoms. The number of hydroxylamine groups is 1. The minimum Gasteiger partial charge on any atom is -0.464 e. The Labute approximate surface area is 561 Å². The van der Waals surface area contributed by atoms with Crippen LogP contribution < -0.4 is 42.5 Å². The van der Waals surface area contributed by atoms with Crippen LogP contribution in [0, 0.1) is 28.7 Å². The quantitative estimate of drug-likeness (QED) is 0.00659. The van der Waals surface area contributed by atoms with Crippen molar-refractivity contribution in [2.75, 3.05) is 48.3 Å². The van der Waals surface area contributed by atoms with Gasteiger partial charge in [-0.05, 0) is 85.3 Å². The summed E-state index contributed by atoms with van der Waals surface area (Å²) < 4.78 is 103. The van der Waals surface area contributed by atoms with E-state index in [9.17, 15) is 50.8 Å². The predicted octanol–water partition coefficient (Wildman–Crippen LogP) is 9.43. The van der Waals surface area contributed by atoms with E-state index in [-0.39, 0.29) is 96.5 Å². The van der Waals surface area contributed by atoms with Crippen LogP contribution in [-0.2, 0) is 65.6 Å². The first-order valence-corrected chi connectivity index (χ1v) is 33.0. The van der Waals surface area contributed by atoms with Crippen LogP contribution in [0.4, 0.5) is 40.6 Å². The lowest BCUT2D eigenvalue weighted by Crippen LogP contribution is -2.56. The molecule has 9 N–H and O–H groups in total. The van der Waals surface area contributed by atoms with Gasteiger partial charge in [-0.25, -0.2) is 46.4 Å². The summed E-state index contributed by atoms with van der Waals surface area (Å²) in [6.07, 6.45) is 1.80. The molecule has 0 radical (unpaired) electrons. The first kappa shape index (κ1) is 73.8. The summed E-state index contributed by atoms with van der Waals surface area (Å²) in [5, 5.41) is 14.6. The van der Waals surface area contributed by atoms with Gasteiger partial charge in [-0.3, -0.25) is 38.3 Å². The average Bonchev–Trinajstić information content (AvgIpc) is 1.72. The fourth-order valence-electron chi connectivity index (χ4n) is 9.00. The molecule has 0 saturated carbocycles. The third-order valence-electron chi connectivity index (χ3n) is 13.9. The van der Waals surface area contributed by atoms with Gasteiger partial charge in [-0.1, -0.05) is 81.2 Å². The number of carbonyl (C=O) groups excluding carboxylic acids is 7. The van der Waals surface area contributed by atoms with Gasteiger partial charge < -0.3 is 51.2 Å². The van der Waals surface area contributed by atoms with Crippen LogP contribution in [-0.4, -0.2) is 121 Å². The Morgan fingerprint density at radius 2 is 1.46 bits per heavy atom. The van der Waals surface area contributed by atoms with Crippen molar-refractivity contribution in [2.45, 2.75) is 109 Å². The highest BCUT2D eigenvalue weighted by Gasteiger charge is 2.32. The van der Waals surface area contributed by atoms with Crippen molar-refractivity contribution in [3.05, 3.63) is 129 Å². The lowest BCUT2D eigenvalue weighted by Gasteiger charge is -2.25. The molecule has 508 valence electrons. The van der Waals surface area contributed by atoms with E-state index >= 15 is 8.78 Å². The van der Waals surface area contributed by atoms with E-state index in [1.165, 1.54) is 41.8 Å². The lowest BCUT2D eigenvalue weighted by atomic mass is 9.96. The fraction of sp³-hybridized carbons (Fsp3) is 0.365. The Hall–Kier alpha value is -8.62. The van der Waals surface area contributed by atoms with E-state index in [1.807, 2.05) is 46.3 Å². The second kappa shape index (κ2) is 32.7. The number of sulfonamides is 1. The monoisotopic (exact) mass is 1440 g/mol. The minimum atomic E-state index is -4.96. The summed E-state index contributed by atoms with van der Waals surface area (Å²) in [7, 11) is -3.28. The first-order chi connectivity index (χ1) is 44.8. The first-order valence-electron chi connectivity index (χ1n) is 29.5. The van der Waals surface area contributed by atoms with Gasteiger partial charge in [0.1, 0.15) is 49.8 Å². The standard InChI is InChI=1S/C63H70BrClF4N12O12S2/c1-62(2,3)33-73-58(87)45(18-20-49(84)92-29-30-93-79-56(85)37-32-47-35(23-26-81(47)7)51(69)52(37)74-42-17-16-34(64)31-38(42)65)76-59(88)46(75-57(86)41(70)14-10-27-82)19-21-48(83)91-28-25-72-61-71-24-22-44(77-61)54-53(78-60(94-54)63(4,5)6)36-11-8-15-43(50(36)68)80-95(89,90)55-39(66)12-9-13-40(55)67/h8-9,11-13,15-17,22-24,26-27,31-32,41,45-46,74,80H,10,14,18-21,25,28-30,33,70H2,1-7H3,(H,73,87)(H,75,86)(H,76,88)(H,79,85)(H,71,72,77)/t41-,45-,46-/m0/s1. The number of aromatic nitrogens is 4. The molecule has 0 fully saturated rings. The number of aldehydes is 1. The van der Waals surface area contributed by atoms with Crippen molar-refractivity contribution in [2.24, 2.45) is 18.2 Å². The molecule has 3 aromatic heterocycles. The van der Waals surface area contributed by atoms with Crippen LogP contribution >= 0.6 is 38.9 Å². The Morgan fingerprint density at radius 1 is 0.800 bits per heavy atom. The number of rotatable bonds is 31. The molecular weight excluding hydrogens is 1370 g/mol. The molecule has 0 aliphatic rings. The van der Waals surface area contributed by atoms with Gasteiger partial charge >= 0.3 is 11.9 Å². The summed E-state index contributed by atoms with van der Waals surface area (Å²) in [6, 6.07) is 11.5. The molecule has 0 unspecified atom stereocenters. The van der Waals surface area contributed by atoms with E-state index in [1.54, 1.807) is 42.1 Å². The highest BCUT2D eigenvalue weighted by Crippen LogP contribution is 2.43. The van der Waals surface area contributed by atoms with Gasteiger partial charge in [0.2, 0.25) is 23.7 Å². The minimum absolute atomic E-state index is 0.0312. The highest BCUT2D eigenvalue weighted by molar-refractivity contribution is 9.10. The number of benzene rings is 4. The SMILES string of the molecule is Cn1ccc2c(F)c(Nc3ccc(Br)cc3Cl)c(C(=O)NOCCOC(=O)CC[C@H](NC(=O)[C@H](CCC(=O)OCCNc3nccc(-c4sc(C(C)(C)C)nc4-c4cccc(NS(=O)(=O)c5c(F)cccc5F)c4F)n3)NC(=O)[C@@H](N)CCC=O)C(=O)NCC(C)(C)C)cc21. The second-order valence-corrected chi connectivity index (χ2v) is 27.7. The van der Waals surface area contributed by atoms with Gasteiger partial charge in [0.25, 0.3) is 15.9 Å². The zero-order chi connectivity index (χ0) is 69.5. The van der Waals surface area contributed by atoms with Crippen molar-refractivity contribution in [3.63, 3.8) is 0 Å². The number of amides is 4. The lowest BCUT2D eigenvalue weighted by molar-refractivity contribution is -0.146. The molecule has 4 amide bonds. The Balaban J connectivity index is 0.959. The summed E-state index contributed by atoms with van der Waals surface area (Å²) in [5.74, 6) is -9.57. The van der Waals surface area contributed by atoms with Crippen molar-refractivity contribution in [1.29, 1.82) is 0 Å². The average molecular weight is 1440 g/mol. The molecule has 24 nitrogen and oxygen atoms in total. The summed E-state index contributed by atoms with van der Waals surface area (Å²) in [5.41, 5.74) is 7.18. The van der Waals surface area contributed by atoms with Crippen LogP contribution in [0.25, 0.3) is 32.7 Å². The van der Waals surface area contributed by atoms with Crippen molar-refractivity contribution < 1.29 is 73.9 Å². The Bertz CT molecular complexity index is 4090. The number of nitrogens with one attached hydrogen (secondary N) is 7. The fourth-order valence-corrected chi connectivity index (χ4v) is 12.0. The van der Waals surface area contributed by atoms with Crippen molar-refractivity contribution in [3.8, 4) is 21.8 Å². The van der Waals surface area contributed by atoms with Crippen LogP contribution in [0.5, 0.6) is 0 Å². The van der Waals surface area contributed by atoms with Gasteiger partial charge in [0, 0.05) is 66.1 Å². The van der Waals surface area contributed by atoms with E-state index in [2.05, 4.69) is 58.0 Å².